The van der Waals surface area contributed by atoms with Crippen molar-refractivity contribution in [2.45, 2.75) is 13.3 Å². The van der Waals surface area contributed by atoms with Gasteiger partial charge in [-0.15, -0.1) is 0 Å². The van der Waals surface area contributed by atoms with E-state index < -0.39 is 0 Å². The van der Waals surface area contributed by atoms with Crippen LogP contribution in [0, 0.1) is 18.8 Å². The summed E-state index contributed by atoms with van der Waals surface area (Å²) in [6, 6.07) is 22.6. The lowest BCUT2D eigenvalue weighted by Crippen LogP contribution is -1.95. The minimum Gasteiger partial charge on any atom is -0.247 e. The summed E-state index contributed by atoms with van der Waals surface area (Å²) in [5.41, 5.74) is 5.59. The Morgan fingerprint density at radius 2 is 1.73 bits per heavy atom. The summed E-state index contributed by atoms with van der Waals surface area (Å²) in [5.74, 6) is 6.39. The van der Waals surface area contributed by atoms with Gasteiger partial charge in [-0.3, -0.25) is 0 Å². The predicted octanol–water partition coefficient (Wildman–Crippen LogP) is 4.38. The third kappa shape index (κ3) is 3.62. The van der Waals surface area contributed by atoms with Crippen molar-refractivity contribution in [3.63, 3.8) is 0 Å². The molecule has 0 amide bonds. The van der Waals surface area contributed by atoms with E-state index in [0.717, 1.165) is 23.2 Å². The van der Waals surface area contributed by atoms with E-state index in [1.54, 1.807) is 6.20 Å². The molecule has 2 aromatic carbocycles. The number of rotatable bonds is 2. The molecular weight excluding hydrogens is 266 g/mol. The first-order chi connectivity index (χ1) is 10.8. The second-order valence-corrected chi connectivity index (χ2v) is 5.29. The lowest BCUT2D eigenvalue weighted by atomic mass is 10.0. The largest absolute Gasteiger partial charge is 0.247 e. The van der Waals surface area contributed by atoms with Crippen LogP contribution in [0.1, 0.15) is 27.9 Å². The average Bonchev–Trinajstić information content (AvgIpc) is 2.55. The third-order valence-electron chi connectivity index (χ3n) is 3.47. The third-order valence-corrected chi connectivity index (χ3v) is 3.47. The quantitative estimate of drug-likeness (QED) is 0.636. The van der Waals surface area contributed by atoms with Gasteiger partial charge in [-0.1, -0.05) is 60.0 Å². The van der Waals surface area contributed by atoms with E-state index in [9.17, 15) is 0 Å². The molecule has 1 nitrogen and oxygen atoms in total. The van der Waals surface area contributed by atoms with Gasteiger partial charge in [0.1, 0.15) is 5.69 Å². The second kappa shape index (κ2) is 6.74. The van der Waals surface area contributed by atoms with Gasteiger partial charge in [0.15, 0.2) is 0 Å². The van der Waals surface area contributed by atoms with Gasteiger partial charge in [-0.2, -0.15) is 0 Å². The van der Waals surface area contributed by atoms with E-state index in [1.807, 2.05) is 36.4 Å². The van der Waals surface area contributed by atoms with Crippen molar-refractivity contribution in [3.05, 3.63) is 101 Å². The number of pyridine rings is 1. The Morgan fingerprint density at radius 3 is 2.55 bits per heavy atom. The van der Waals surface area contributed by atoms with Crippen LogP contribution in [-0.4, -0.2) is 4.98 Å². The van der Waals surface area contributed by atoms with Crippen LogP contribution < -0.4 is 0 Å². The highest BCUT2D eigenvalue weighted by molar-refractivity contribution is 5.44. The molecule has 106 valence electrons. The zero-order valence-electron chi connectivity index (χ0n) is 12.6. The van der Waals surface area contributed by atoms with Crippen molar-refractivity contribution >= 4 is 0 Å². The number of hydrogen-bond acceptors (Lipinski definition) is 1. The molecule has 1 heterocycles. The highest BCUT2D eigenvalue weighted by Crippen LogP contribution is 2.13. The van der Waals surface area contributed by atoms with Crippen molar-refractivity contribution in [2.24, 2.45) is 0 Å². The van der Waals surface area contributed by atoms with E-state index in [2.05, 4.69) is 54.1 Å². The van der Waals surface area contributed by atoms with Gasteiger partial charge in [0.2, 0.25) is 0 Å². The molecule has 3 aromatic rings. The molecule has 0 radical (unpaired) electrons. The normalized spacial score (nSPS) is 9.86. The Labute approximate surface area is 131 Å². The minimum atomic E-state index is 0.854. The van der Waals surface area contributed by atoms with Gasteiger partial charge in [0.25, 0.3) is 0 Å². The summed E-state index contributed by atoms with van der Waals surface area (Å²) in [4.78, 5) is 4.44. The molecule has 0 bridgehead atoms. The molecule has 3 rings (SSSR count). The first-order valence-electron chi connectivity index (χ1n) is 7.38. The zero-order valence-corrected chi connectivity index (χ0v) is 12.6. The van der Waals surface area contributed by atoms with Crippen molar-refractivity contribution in [1.82, 2.24) is 4.98 Å². The monoisotopic (exact) mass is 283 g/mol. The second-order valence-electron chi connectivity index (χ2n) is 5.29. The first-order valence-corrected chi connectivity index (χ1v) is 7.38. The maximum Gasteiger partial charge on any atom is 0.117 e. The zero-order chi connectivity index (χ0) is 15.2. The van der Waals surface area contributed by atoms with Crippen molar-refractivity contribution < 1.29 is 0 Å². The summed E-state index contributed by atoms with van der Waals surface area (Å²) in [7, 11) is 0. The molecule has 0 saturated carbocycles. The number of benzene rings is 2. The summed E-state index contributed by atoms with van der Waals surface area (Å²) < 4.78 is 0. The van der Waals surface area contributed by atoms with Gasteiger partial charge in [-0.25, -0.2) is 4.98 Å². The lowest BCUT2D eigenvalue weighted by molar-refractivity contribution is 1.12. The number of nitrogens with zero attached hydrogens (tertiary/aromatic N) is 1. The van der Waals surface area contributed by atoms with Gasteiger partial charge in [-0.05, 0) is 42.2 Å². The Balaban J connectivity index is 1.89. The van der Waals surface area contributed by atoms with Crippen molar-refractivity contribution in [3.8, 4) is 11.8 Å². The van der Waals surface area contributed by atoms with E-state index in [1.165, 1.54) is 11.1 Å². The van der Waals surface area contributed by atoms with E-state index in [-0.39, 0.29) is 0 Å². The molecule has 1 aromatic heterocycles. The molecule has 0 N–H and O–H groups in total. The summed E-state index contributed by atoms with van der Waals surface area (Å²) in [6.45, 7) is 2.11. The topological polar surface area (TPSA) is 12.9 Å². The predicted molar refractivity (Wildman–Crippen MR) is 90.6 cm³/mol. The molecular formula is C21H17N. The molecule has 22 heavy (non-hydrogen) atoms. The molecule has 0 fully saturated rings. The first kappa shape index (κ1) is 14.1. The lowest BCUT2D eigenvalue weighted by Gasteiger charge is -2.05. The Bertz CT molecular complexity index is 823. The van der Waals surface area contributed by atoms with Crippen LogP contribution in [0.15, 0.2) is 72.9 Å². The smallest absolute Gasteiger partial charge is 0.117 e. The fourth-order valence-corrected chi connectivity index (χ4v) is 2.39. The van der Waals surface area contributed by atoms with Gasteiger partial charge in [0.05, 0.1) is 0 Å². The van der Waals surface area contributed by atoms with Crippen LogP contribution in [0.5, 0.6) is 0 Å². The number of aromatic nitrogens is 1. The summed E-state index contributed by atoms with van der Waals surface area (Å²) in [6.07, 6.45) is 2.66. The highest BCUT2D eigenvalue weighted by Gasteiger charge is 2.02. The average molecular weight is 283 g/mol. The summed E-state index contributed by atoms with van der Waals surface area (Å²) >= 11 is 0. The molecule has 0 aliphatic heterocycles. The molecule has 1 heteroatoms. The van der Waals surface area contributed by atoms with Crippen LogP contribution in [0.2, 0.25) is 0 Å². The molecule has 0 aliphatic carbocycles. The van der Waals surface area contributed by atoms with E-state index in [0.29, 0.717) is 0 Å². The maximum atomic E-state index is 4.44. The maximum absolute atomic E-state index is 4.44. The number of aryl methyl sites for hydroxylation is 1. The van der Waals surface area contributed by atoms with Crippen LogP contribution in [0.4, 0.5) is 0 Å². The van der Waals surface area contributed by atoms with E-state index >= 15 is 0 Å². The standard InChI is InChI=1S/C21H17N/c1-17-7-5-10-19(15-17)16-20-11-6-14-22-21(20)13-12-18-8-3-2-4-9-18/h2-11,14-15H,16H2,1H3. The molecule has 0 saturated heterocycles. The molecule has 0 unspecified atom stereocenters. The number of hydrogen-bond donors (Lipinski definition) is 0. The highest BCUT2D eigenvalue weighted by atomic mass is 14.7. The Morgan fingerprint density at radius 1 is 0.864 bits per heavy atom. The van der Waals surface area contributed by atoms with Gasteiger partial charge in [0, 0.05) is 18.2 Å². The fraction of sp³-hybridized carbons (Fsp3) is 0.0952. The molecule has 0 atom stereocenters. The van der Waals surface area contributed by atoms with Crippen LogP contribution in [0.25, 0.3) is 0 Å². The molecule has 0 aliphatic rings. The van der Waals surface area contributed by atoms with Gasteiger partial charge < -0.3 is 0 Å². The Hall–Kier alpha value is -2.85. The van der Waals surface area contributed by atoms with Crippen molar-refractivity contribution in [1.29, 1.82) is 0 Å². The van der Waals surface area contributed by atoms with Crippen LogP contribution in [0.3, 0.4) is 0 Å². The minimum absolute atomic E-state index is 0.854. The summed E-state index contributed by atoms with van der Waals surface area (Å²) in [5, 5.41) is 0. The fourth-order valence-electron chi connectivity index (χ4n) is 2.39. The van der Waals surface area contributed by atoms with Gasteiger partial charge >= 0.3 is 0 Å². The Kier molecular flexibility index (Phi) is 4.32. The van der Waals surface area contributed by atoms with Crippen molar-refractivity contribution in [2.75, 3.05) is 0 Å². The SMILES string of the molecule is Cc1cccc(Cc2cccnc2C#Cc2ccccc2)c1. The molecule has 0 spiro atoms. The van der Waals surface area contributed by atoms with E-state index in [4.69, 9.17) is 0 Å². The van der Waals surface area contributed by atoms with Crippen LogP contribution in [-0.2, 0) is 6.42 Å². The van der Waals surface area contributed by atoms with Crippen LogP contribution >= 0.6 is 0 Å².